The first kappa shape index (κ1) is 24.2. The van der Waals surface area contributed by atoms with Crippen LogP contribution in [0.4, 0.5) is 5.69 Å². The quantitative estimate of drug-likeness (QED) is 0.469. The fourth-order valence-electron chi connectivity index (χ4n) is 3.26. The van der Waals surface area contributed by atoms with Crippen molar-refractivity contribution >= 4 is 33.4 Å². The van der Waals surface area contributed by atoms with E-state index in [1.54, 1.807) is 18.2 Å². The number of rotatable bonds is 8. The highest BCUT2D eigenvalue weighted by Gasteiger charge is 2.26. The molecule has 8 nitrogen and oxygen atoms in total. The zero-order valence-electron chi connectivity index (χ0n) is 18.6. The number of carbonyl (C=O) groups is 1. The number of ether oxygens (including phenoxy) is 2. The molecule has 178 valence electrons. The van der Waals surface area contributed by atoms with Crippen LogP contribution in [0, 0.1) is 6.92 Å². The van der Waals surface area contributed by atoms with Crippen molar-refractivity contribution in [3.63, 3.8) is 0 Å². The van der Waals surface area contributed by atoms with Crippen LogP contribution in [-0.4, -0.2) is 55.7 Å². The number of thioether (sulfide) groups is 1. The van der Waals surface area contributed by atoms with E-state index < -0.39 is 10.0 Å². The molecule has 4 rings (SSSR count). The van der Waals surface area contributed by atoms with E-state index in [1.807, 2.05) is 43.3 Å². The number of pyridine rings is 1. The lowest BCUT2D eigenvalue weighted by molar-refractivity contribution is -0.113. The summed E-state index contributed by atoms with van der Waals surface area (Å²) in [6.45, 7) is 3.42. The number of carbonyl (C=O) groups excluding carboxylic acids is 1. The van der Waals surface area contributed by atoms with Gasteiger partial charge in [0, 0.05) is 19.3 Å². The first-order chi connectivity index (χ1) is 16.4. The van der Waals surface area contributed by atoms with Gasteiger partial charge in [0.1, 0.15) is 10.6 Å². The Morgan fingerprint density at radius 3 is 2.53 bits per heavy atom. The van der Waals surface area contributed by atoms with Crippen molar-refractivity contribution in [2.24, 2.45) is 0 Å². The van der Waals surface area contributed by atoms with Crippen LogP contribution >= 0.6 is 11.8 Å². The van der Waals surface area contributed by atoms with Gasteiger partial charge in [-0.05, 0) is 43.3 Å². The monoisotopic (exact) mass is 499 g/mol. The number of nitrogens with zero attached hydrogens (tertiary/aromatic N) is 2. The lowest BCUT2D eigenvalue weighted by Gasteiger charge is -2.25. The Morgan fingerprint density at radius 2 is 1.82 bits per heavy atom. The lowest BCUT2D eigenvalue weighted by atomic mass is 10.2. The number of aryl methyl sites for hydroxylation is 1. The zero-order valence-corrected chi connectivity index (χ0v) is 20.3. The van der Waals surface area contributed by atoms with E-state index in [1.165, 1.54) is 28.3 Å². The van der Waals surface area contributed by atoms with Crippen LogP contribution in [0.15, 0.2) is 76.8 Å². The molecule has 2 heterocycles. The zero-order chi connectivity index (χ0) is 24.0. The molecule has 1 aliphatic rings. The van der Waals surface area contributed by atoms with E-state index in [-0.39, 0.29) is 16.6 Å². The molecule has 3 aromatic rings. The van der Waals surface area contributed by atoms with Crippen LogP contribution in [0.1, 0.15) is 5.56 Å². The maximum atomic E-state index is 12.7. The third-order valence-corrected chi connectivity index (χ3v) is 7.90. The van der Waals surface area contributed by atoms with Crippen molar-refractivity contribution in [1.82, 2.24) is 9.29 Å². The van der Waals surface area contributed by atoms with Gasteiger partial charge in [-0.3, -0.25) is 4.79 Å². The summed E-state index contributed by atoms with van der Waals surface area (Å²) in [6.07, 6.45) is 1.33. The van der Waals surface area contributed by atoms with Gasteiger partial charge in [0.15, 0.2) is 5.75 Å². The molecule has 2 aromatic carbocycles. The SMILES string of the molecule is Cc1ccc(Oc2ccccc2NC(=O)CSc2ccc(S(=O)(=O)N3CCOCC3)cn2)cc1. The van der Waals surface area contributed by atoms with Crippen LogP contribution in [0.25, 0.3) is 0 Å². The summed E-state index contributed by atoms with van der Waals surface area (Å²) in [5.74, 6) is 1.11. The van der Waals surface area contributed by atoms with Gasteiger partial charge in [-0.2, -0.15) is 4.31 Å². The Kier molecular flexibility index (Phi) is 7.84. The van der Waals surface area contributed by atoms with Gasteiger partial charge in [0.25, 0.3) is 0 Å². The van der Waals surface area contributed by atoms with Gasteiger partial charge < -0.3 is 14.8 Å². The number of amides is 1. The van der Waals surface area contributed by atoms with E-state index >= 15 is 0 Å². The number of hydrogen-bond acceptors (Lipinski definition) is 7. The molecular formula is C24H25N3O5S2. The van der Waals surface area contributed by atoms with Crippen molar-refractivity contribution in [2.45, 2.75) is 16.8 Å². The molecule has 10 heteroatoms. The summed E-state index contributed by atoms with van der Waals surface area (Å²) >= 11 is 1.22. The third-order valence-electron chi connectivity index (χ3n) is 5.08. The molecule has 1 aromatic heterocycles. The van der Waals surface area contributed by atoms with Crippen LogP contribution in [0.2, 0.25) is 0 Å². The average Bonchev–Trinajstić information content (AvgIpc) is 2.86. The minimum Gasteiger partial charge on any atom is -0.455 e. The Morgan fingerprint density at radius 1 is 1.09 bits per heavy atom. The van der Waals surface area contributed by atoms with E-state index in [4.69, 9.17) is 9.47 Å². The van der Waals surface area contributed by atoms with Crippen molar-refractivity contribution in [1.29, 1.82) is 0 Å². The summed E-state index contributed by atoms with van der Waals surface area (Å²) < 4.78 is 37.9. The van der Waals surface area contributed by atoms with E-state index in [2.05, 4.69) is 10.3 Å². The maximum absolute atomic E-state index is 12.7. The van der Waals surface area contributed by atoms with Crippen molar-refractivity contribution in [3.05, 3.63) is 72.4 Å². The molecule has 0 unspecified atom stereocenters. The molecule has 1 fully saturated rings. The fourth-order valence-corrected chi connectivity index (χ4v) is 5.26. The number of benzene rings is 2. The molecule has 34 heavy (non-hydrogen) atoms. The first-order valence-electron chi connectivity index (χ1n) is 10.7. The van der Waals surface area contributed by atoms with E-state index in [0.29, 0.717) is 48.5 Å². The first-order valence-corrected chi connectivity index (χ1v) is 13.1. The summed E-state index contributed by atoms with van der Waals surface area (Å²) in [6, 6.07) is 18.0. The maximum Gasteiger partial charge on any atom is 0.244 e. The lowest BCUT2D eigenvalue weighted by Crippen LogP contribution is -2.40. The predicted octanol–water partition coefficient (Wildman–Crippen LogP) is 3.93. The van der Waals surface area contributed by atoms with Gasteiger partial charge in [0.2, 0.25) is 15.9 Å². The molecule has 0 aliphatic carbocycles. The smallest absolute Gasteiger partial charge is 0.244 e. The highest BCUT2D eigenvalue weighted by molar-refractivity contribution is 7.99. The highest BCUT2D eigenvalue weighted by atomic mass is 32.2. The molecule has 0 spiro atoms. The summed E-state index contributed by atoms with van der Waals surface area (Å²) in [5.41, 5.74) is 1.69. The van der Waals surface area contributed by atoms with Crippen LogP contribution in [0.3, 0.4) is 0 Å². The number of nitrogens with one attached hydrogen (secondary N) is 1. The van der Waals surface area contributed by atoms with Crippen molar-refractivity contribution in [2.75, 3.05) is 37.4 Å². The molecule has 0 atom stereocenters. The van der Waals surface area contributed by atoms with Crippen LogP contribution in [-0.2, 0) is 19.6 Å². The second kappa shape index (κ2) is 11.0. The molecule has 1 aliphatic heterocycles. The normalized spacial score (nSPS) is 14.5. The Bertz CT molecular complexity index is 1230. The van der Waals surface area contributed by atoms with Crippen LogP contribution < -0.4 is 10.1 Å². The van der Waals surface area contributed by atoms with Gasteiger partial charge in [-0.15, -0.1) is 0 Å². The number of para-hydroxylation sites is 2. The van der Waals surface area contributed by atoms with E-state index in [0.717, 1.165) is 5.56 Å². The van der Waals surface area contributed by atoms with E-state index in [9.17, 15) is 13.2 Å². The summed E-state index contributed by atoms with van der Waals surface area (Å²) in [4.78, 5) is 16.9. The number of hydrogen-bond donors (Lipinski definition) is 1. The van der Waals surface area contributed by atoms with Gasteiger partial charge in [-0.25, -0.2) is 13.4 Å². The van der Waals surface area contributed by atoms with Crippen molar-refractivity contribution in [3.8, 4) is 11.5 Å². The molecule has 0 radical (unpaired) electrons. The Balaban J connectivity index is 1.34. The minimum atomic E-state index is -3.60. The second-order valence-electron chi connectivity index (χ2n) is 7.60. The molecule has 1 N–H and O–H groups in total. The summed E-state index contributed by atoms with van der Waals surface area (Å²) in [7, 11) is -3.60. The third kappa shape index (κ3) is 6.15. The molecule has 0 saturated carbocycles. The fraction of sp³-hybridized carbons (Fsp3) is 0.250. The van der Waals surface area contributed by atoms with Gasteiger partial charge in [-0.1, -0.05) is 41.6 Å². The van der Waals surface area contributed by atoms with Crippen molar-refractivity contribution < 1.29 is 22.7 Å². The molecular weight excluding hydrogens is 474 g/mol. The molecule has 0 bridgehead atoms. The number of aromatic nitrogens is 1. The minimum absolute atomic E-state index is 0.113. The average molecular weight is 500 g/mol. The number of anilines is 1. The number of morpholine rings is 1. The topological polar surface area (TPSA) is 97.8 Å². The largest absolute Gasteiger partial charge is 0.455 e. The standard InChI is InChI=1S/C24H25N3O5S2/c1-18-6-8-19(9-7-18)32-22-5-3-2-4-21(22)26-23(28)17-33-24-11-10-20(16-25-24)34(29,30)27-12-14-31-15-13-27/h2-11,16H,12-15,17H2,1H3,(H,26,28). The predicted molar refractivity (Wildman–Crippen MR) is 131 cm³/mol. The Labute approximate surface area is 203 Å². The Hall–Kier alpha value is -2.92. The highest BCUT2D eigenvalue weighted by Crippen LogP contribution is 2.30. The van der Waals surface area contributed by atoms with Gasteiger partial charge >= 0.3 is 0 Å². The molecule has 1 amide bonds. The molecule has 1 saturated heterocycles. The second-order valence-corrected chi connectivity index (χ2v) is 10.5. The van der Waals surface area contributed by atoms with Crippen LogP contribution in [0.5, 0.6) is 11.5 Å². The van der Waals surface area contributed by atoms with Gasteiger partial charge in [0.05, 0.1) is 29.7 Å². The summed E-state index contributed by atoms with van der Waals surface area (Å²) in [5, 5.41) is 3.42. The number of sulfonamides is 1.